The highest BCUT2D eigenvalue weighted by atomic mass is 79.9. The molecule has 82 valence electrons. The summed E-state index contributed by atoms with van der Waals surface area (Å²) in [7, 11) is -3.78. The van der Waals surface area contributed by atoms with E-state index in [1.807, 2.05) is 0 Å². The van der Waals surface area contributed by atoms with Gasteiger partial charge >= 0.3 is 5.97 Å². The van der Waals surface area contributed by atoms with Crippen molar-refractivity contribution < 1.29 is 18.3 Å². The smallest absolute Gasteiger partial charge is 0.335 e. The van der Waals surface area contributed by atoms with Crippen molar-refractivity contribution in [2.24, 2.45) is 5.84 Å². The summed E-state index contributed by atoms with van der Waals surface area (Å²) in [6, 6.07) is 3.52. The van der Waals surface area contributed by atoms with Gasteiger partial charge < -0.3 is 5.11 Å². The summed E-state index contributed by atoms with van der Waals surface area (Å²) in [5.74, 6) is 3.69. The third-order valence-corrected chi connectivity index (χ3v) is 3.79. The zero-order chi connectivity index (χ0) is 11.6. The molecule has 0 aromatic heterocycles. The molecule has 1 aromatic rings. The molecule has 1 rings (SSSR count). The number of hydrogen-bond donors (Lipinski definition) is 3. The van der Waals surface area contributed by atoms with E-state index in [4.69, 9.17) is 10.9 Å². The zero-order valence-electron chi connectivity index (χ0n) is 7.27. The lowest BCUT2D eigenvalue weighted by molar-refractivity contribution is 0.0696. The minimum atomic E-state index is -3.78. The number of hydrogen-bond acceptors (Lipinski definition) is 4. The minimum absolute atomic E-state index is 0.0159. The number of halogens is 1. The van der Waals surface area contributed by atoms with Crippen LogP contribution in [0.3, 0.4) is 0 Å². The Bertz CT molecular complexity index is 500. The van der Waals surface area contributed by atoms with Gasteiger partial charge in [-0.15, -0.1) is 0 Å². The molecule has 6 nitrogen and oxygen atoms in total. The number of carbonyl (C=O) groups is 1. The van der Waals surface area contributed by atoms with E-state index in [1.54, 1.807) is 4.83 Å². The minimum Gasteiger partial charge on any atom is -0.478 e. The van der Waals surface area contributed by atoms with Gasteiger partial charge in [-0.3, -0.25) is 5.84 Å². The van der Waals surface area contributed by atoms with Gasteiger partial charge in [-0.1, -0.05) is 0 Å². The van der Waals surface area contributed by atoms with Crippen molar-refractivity contribution in [1.29, 1.82) is 0 Å². The normalized spacial score (nSPS) is 11.3. The van der Waals surface area contributed by atoms with Crippen LogP contribution in [0.5, 0.6) is 0 Å². The predicted octanol–water partition coefficient (Wildman–Crippen LogP) is 0.299. The number of hydrazine groups is 1. The summed E-state index contributed by atoms with van der Waals surface area (Å²) in [4.78, 5) is 12.1. The third-order valence-electron chi connectivity index (χ3n) is 1.62. The van der Waals surface area contributed by atoms with Crippen LogP contribution in [0.15, 0.2) is 27.6 Å². The van der Waals surface area contributed by atoms with Crippen LogP contribution >= 0.6 is 15.9 Å². The topological polar surface area (TPSA) is 109 Å². The molecule has 0 bridgehead atoms. The monoisotopic (exact) mass is 294 g/mol. The first-order chi connectivity index (χ1) is 6.88. The summed E-state index contributed by atoms with van der Waals surface area (Å²) in [6.45, 7) is 0. The molecule has 15 heavy (non-hydrogen) atoms. The Kier molecular flexibility index (Phi) is 3.45. The quantitative estimate of drug-likeness (QED) is 0.549. The summed E-state index contributed by atoms with van der Waals surface area (Å²) in [5.41, 5.74) is -0.0159. The van der Waals surface area contributed by atoms with E-state index in [1.165, 1.54) is 12.1 Å². The van der Waals surface area contributed by atoms with Crippen LogP contribution in [0.25, 0.3) is 0 Å². The van der Waals surface area contributed by atoms with Gasteiger partial charge in [0, 0.05) is 4.47 Å². The fraction of sp³-hybridized carbons (Fsp3) is 0. The maximum absolute atomic E-state index is 11.3. The van der Waals surface area contributed by atoms with E-state index >= 15 is 0 Å². The second-order valence-corrected chi connectivity index (χ2v) is 5.11. The van der Waals surface area contributed by atoms with Gasteiger partial charge in [-0.2, -0.15) is 4.83 Å². The average Bonchev–Trinajstić information content (AvgIpc) is 2.17. The molecule has 0 saturated carbocycles. The number of nitrogens with one attached hydrogen (secondary N) is 1. The van der Waals surface area contributed by atoms with Crippen LogP contribution in [0, 0.1) is 0 Å². The van der Waals surface area contributed by atoms with Crippen LogP contribution in [-0.2, 0) is 10.0 Å². The third kappa shape index (κ3) is 2.53. The van der Waals surface area contributed by atoms with E-state index in [-0.39, 0.29) is 14.9 Å². The van der Waals surface area contributed by atoms with Gasteiger partial charge in [-0.05, 0) is 34.1 Å². The maximum atomic E-state index is 11.3. The molecular weight excluding hydrogens is 288 g/mol. The highest BCUT2D eigenvalue weighted by Crippen LogP contribution is 2.22. The lowest BCUT2D eigenvalue weighted by Gasteiger charge is -2.05. The Hall–Kier alpha value is -0.960. The molecule has 0 radical (unpaired) electrons. The molecule has 0 aliphatic rings. The molecule has 0 aliphatic heterocycles. The summed E-state index contributed by atoms with van der Waals surface area (Å²) < 4.78 is 22.7. The number of carboxylic acid groups (broad SMARTS) is 1. The largest absolute Gasteiger partial charge is 0.478 e. The van der Waals surface area contributed by atoms with Gasteiger partial charge in [-0.25, -0.2) is 13.2 Å². The number of benzene rings is 1. The Morgan fingerprint density at radius 2 is 2.07 bits per heavy atom. The van der Waals surface area contributed by atoms with Crippen LogP contribution < -0.4 is 10.7 Å². The molecule has 8 heteroatoms. The molecule has 0 fully saturated rings. The second-order valence-electron chi connectivity index (χ2n) is 2.57. The number of sulfonamides is 1. The molecule has 0 amide bonds. The maximum Gasteiger partial charge on any atom is 0.335 e. The van der Waals surface area contributed by atoms with Gasteiger partial charge in [0.05, 0.1) is 10.5 Å². The van der Waals surface area contributed by atoms with Crippen molar-refractivity contribution in [2.75, 3.05) is 0 Å². The summed E-state index contributed by atoms with van der Waals surface area (Å²) in [5, 5.41) is 8.65. The molecule has 0 atom stereocenters. The number of carboxylic acids is 1. The van der Waals surface area contributed by atoms with Crippen LogP contribution in [0.1, 0.15) is 10.4 Å². The Morgan fingerprint density at radius 3 is 2.47 bits per heavy atom. The van der Waals surface area contributed by atoms with Crippen molar-refractivity contribution in [3.05, 3.63) is 28.2 Å². The molecule has 0 saturated heterocycles. The Morgan fingerprint density at radius 1 is 1.47 bits per heavy atom. The lowest BCUT2D eigenvalue weighted by atomic mass is 10.2. The van der Waals surface area contributed by atoms with Crippen LogP contribution in [0.2, 0.25) is 0 Å². The standard InChI is InChI=1S/C7H7BrN2O4S/c8-5-3-4(7(11)12)1-2-6(5)15(13,14)10-9/h1-3,10H,9H2,(H,11,12). The molecule has 0 spiro atoms. The first-order valence-electron chi connectivity index (χ1n) is 3.64. The van der Waals surface area contributed by atoms with Gasteiger partial charge in [0.2, 0.25) is 0 Å². The van der Waals surface area contributed by atoms with E-state index < -0.39 is 16.0 Å². The Balaban J connectivity index is 3.32. The van der Waals surface area contributed by atoms with Crippen molar-refractivity contribution in [2.45, 2.75) is 4.90 Å². The molecular formula is C7H7BrN2O4S. The van der Waals surface area contributed by atoms with Gasteiger partial charge in [0.25, 0.3) is 10.0 Å². The zero-order valence-corrected chi connectivity index (χ0v) is 9.67. The Labute approximate surface area is 94.2 Å². The molecule has 4 N–H and O–H groups in total. The van der Waals surface area contributed by atoms with Crippen LogP contribution in [0.4, 0.5) is 0 Å². The van der Waals surface area contributed by atoms with Crippen molar-refractivity contribution >= 4 is 31.9 Å². The number of rotatable bonds is 3. The van der Waals surface area contributed by atoms with Crippen LogP contribution in [-0.4, -0.2) is 19.5 Å². The van der Waals surface area contributed by atoms with E-state index in [0.29, 0.717) is 0 Å². The molecule has 0 heterocycles. The first kappa shape index (κ1) is 12.1. The van der Waals surface area contributed by atoms with E-state index in [0.717, 1.165) is 6.07 Å². The highest BCUT2D eigenvalue weighted by Gasteiger charge is 2.17. The fourth-order valence-electron chi connectivity index (χ4n) is 0.915. The average molecular weight is 295 g/mol. The van der Waals surface area contributed by atoms with Crippen molar-refractivity contribution in [1.82, 2.24) is 4.83 Å². The van der Waals surface area contributed by atoms with E-state index in [2.05, 4.69) is 15.9 Å². The summed E-state index contributed by atoms with van der Waals surface area (Å²) in [6.07, 6.45) is 0. The predicted molar refractivity (Wildman–Crippen MR) is 55.6 cm³/mol. The number of nitrogens with two attached hydrogens (primary N) is 1. The highest BCUT2D eigenvalue weighted by molar-refractivity contribution is 9.10. The molecule has 0 unspecified atom stereocenters. The lowest BCUT2D eigenvalue weighted by Crippen LogP contribution is -2.30. The number of aromatic carboxylic acids is 1. The first-order valence-corrected chi connectivity index (χ1v) is 5.91. The molecule has 1 aromatic carbocycles. The van der Waals surface area contributed by atoms with E-state index in [9.17, 15) is 13.2 Å². The second kappa shape index (κ2) is 4.27. The summed E-state index contributed by atoms with van der Waals surface area (Å²) >= 11 is 2.95. The van der Waals surface area contributed by atoms with Crippen molar-refractivity contribution in [3.63, 3.8) is 0 Å². The van der Waals surface area contributed by atoms with Gasteiger partial charge in [0.15, 0.2) is 0 Å². The SMILES string of the molecule is NNS(=O)(=O)c1ccc(C(=O)O)cc1Br. The molecule has 0 aliphatic carbocycles. The van der Waals surface area contributed by atoms with Gasteiger partial charge in [0.1, 0.15) is 0 Å². The fourth-order valence-corrected chi connectivity index (χ4v) is 2.62. The van der Waals surface area contributed by atoms with Crippen molar-refractivity contribution in [3.8, 4) is 0 Å².